The Morgan fingerprint density at radius 2 is 0.548 bits per heavy atom. The van der Waals surface area contributed by atoms with Gasteiger partial charge in [-0.05, 0) is 43.4 Å². The van der Waals surface area contributed by atoms with Gasteiger partial charge >= 0.3 is 39.5 Å². The van der Waals surface area contributed by atoms with Gasteiger partial charge in [0.15, 0.2) is 12.2 Å². The van der Waals surface area contributed by atoms with E-state index in [4.69, 9.17) is 37.0 Å². The molecule has 552 valence electrons. The molecule has 0 spiro atoms. The maximum Gasteiger partial charge on any atom is 0.472 e. The second-order valence-corrected chi connectivity index (χ2v) is 30.6. The Hall–Kier alpha value is -1.94. The fraction of sp³-hybridized carbons (Fsp3) is 0.946. The first kappa shape index (κ1) is 91.1. The smallest absolute Gasteiger partial charge is 0.462 e. The normalized spacial score (nSPS) is 14.7. The Morgan fingerprint density at radius 3 is 0.817 bits per heavy atom. The lowest BCUT2D eigenvalue weighted by atomic mass is 10.00. The molecule has 0 aliphatic heterocycles. The summed E-state index contributed by atoms with van der Waals surface area (Å²) in [4.78, 5) is 72.7. The van der Waals surface area contributed by atoms with Crippen molar-refractivity contribution < 1.29 is 80.2 Å². The summed E-state index contributed by atoms with van der Waals surface area (Å²) >= 11 is 0. The molecule has 0 aromatic heterocycles. The minimum absolute atomic E-state index is 0.102. The average Bonchev–Trinajstić information content (AvgIpc) is 2.40. The summed E-state index contributed by atoms with van der Waals surface area (Å²) in [6.07, 6.45) is 50.0. The number of hydrogen-bond donors (Lipinski definition) is 3. The molecule has 0 amide bonds. The number of phosphoric ester groups is 2. The summed E-state index contributed by atoms with van der Waals surface area (Å²) in [5.74, 6) is 0.122. The van der Waals surface area contributed by atoms with Crippen LogP contribution in [0.1, 0.15) is 376 Å². The molecule has 0 fully saturated rings. The van der Waals surface area contributed by atoms with Gasteiger partial charge in [0.05, 0.1) is 26.4 Å². The quantitative estimate of drug-likeness (QED) is 0.0222. The number of aliphatic hydroxyl groups is 1. The van der Waals surface area contributed by atoms with Crippen molar-refractivity contribution in [2.24, 2.45) is 17.8 Å². The summed E-state index contributed by atoms with van der Waals surface area (Å²) in [7, 11) is -9.91. The zero-order chi connectivity index (χ0) is 68.7. The summed E-state index contributed by atoms with van der Waals surface area (Å²) < 4.78 is 68.4. The van der Waals surface area contributed by atoms with Crippen molar-refractivity contribution in [2.45, 2.75) is 394 Å². The largest absolute Gasteiger partial charge is 0.472 e. The number of phosphoric acid groups is 2. The highest BCUT2D eigenvalue weighted by Gasteiger charge is 2.30. The van der Waals surface area contributed by atoms with E-state index in [-0.39, 0.29) is 25.7 Å². The molecule has 0 rings (SSSR count). The topological polar surface area (TPSA) is 237 Å². The van der Waals surface area contributed by atoms with Gasteiger partial charge in [-0.2, -0.15) is 0 Å². The summed E-state index contributed by atoms with van der Waals surface area (Å²) in [6.45, 7) is 11.8. The predicted molar refractivity (Wildman–Crippen MR) is 377 cm³/mol. The molecule has 3 N–H and O–H groups in total. The molecule has 0 aliphatic carbocycles. The Labute approximate surface area is 568 Å². The van der Waals surface area contributed by atoms with Gasteiger partial charge in [0.1, 0.15) is 19.3 Å². The van der Waals surface area contributed by atoms with Crippen molar-refractivity contribution in [2.75, 3.05) is 39.6 Å². The second kappa shape index (κ2) is 64.7. The lowest BCUT2D eigenvalue weighted by Crippen LogP contribution is -2.30. The molecule has 0 radical (unpaired) electrons. The van der Waals surface area contributed by atoms with Crippen LogP contribution in [0.25, 0.3) is 0 Å². The number of esters is 4. The minimum atomic E-state index is -4.96. The summed E-state index contributed by atoms with van der Waals surface area (Å²) in [5, 5.41) is 10.6. The van der Waals surface area contributed by atoms with Crippen LogP contribution < -0.4 is 0 Å². The standard InChI is InChI=1S/C74H144O17P2/c1-8-11-12-13-14-15-16-17-18-19-23-26-29-32-41-48-55-71(76)84-61-69(90-73(78)57-50-43-33-30-27-24-21-20-22-25-28-31-38-45-52-65(4)5)63-88-92(80,81)86-59-68(75)60-87-93(82,83)89-64-70(91-74(79)58-51-44-37-35-40-47-54-67(7)10-3)62-85-72(77)56-49-42-36-34-39-46-53-66(6)9-2/h65-70,75H,8-64H2,1-7H3,(H,80,81)(H,82,83)/t66?,67?,68-,69-,70-/m1/s1. The molecule has 93 heavy (non-hydrogen) atoms. The van der Waals surface area contributed by atoms with E-state index in [1.807, 2.05) is 0 Å². The van der Waals surface area contributed by atoms with Crippen molar-refractivity contribution in [3.63, 3.8) is 0 Å². The van der Waals surface area contributed by atoms with E-state index in [9.17, 15) is 43.2 Å². The molecular weight excluding hydrogens is 1220 g/mol. The molecule has 4 unspecified atom stereocenters. The number of unbranched alkanes of at least 4 members (excludes halogenated alkanes) is 38. The third kappa shape index (κ3) is 65.8. The van der Waals surface area contributed by atoms with Crippen molar-refractivity contribution in [3.8, 4) is 0 Å². The van der Waals surface area contributed by atoms with E-state index in [0.29, 0.717) is 25.7 Å². The second-order valence-electron chi connectivity index (χ2n) is 27.6. The Kier molecular flexibility index (Phi) is 63.4. The maximum atomic E-state index is 13.1. The van der Waals surface area contributed by atoms with Crippen LogP contribution in [0.2, 0.25) is 0 Å². The van der Waals surface area contributed by atoms with E-state index in [2.05, 4.69) is 48.5 Å². The zero-order valence-electron chi connectivity index (χ0n) is 60.7. The Balaban J connectivity index is 5.24. The van der Waals surface area contributed by atoms with Crippen LogP contribution in [0, 0.1) is 17.8 Å². The van der Waals surface area contributed by atoms with Crippen molar-refractivity contribution >= 4 is 39.5 Å². The van der Waals surface area contributed by atoms with Gasteiger partial charge < -0.3 is 33.8 Å². The first-order valence-electron chi connectivity index (χ1n) is 38.4. The zero-order valence-corrected chi connectivity index (χ0v) is 62.5. The average molecular weight is 1370 g/mol. The van der Waals surface area contributed by atoms with E-state index in [1.165, 1.54) is 180 Å². The highest BCUT2D eigenvalue weighted by molar-refractivity contribution is 7.47. The van der Waals surface area contributed by atoms with Crippen molar-refractivity contribution in [1.82, 2.24) is 0 Å². The molecular formula is C74H144O17P2. The summed E-state index contributed by atoms with van der Waals surface area (Å²) in [5.41, 5.74) is 0. The lowest BCUT2D eigenvalue weighted by Gasteiger charge is -2.21. The Bertz CT molecular complexity index is 1820. The fourth-order valence-corrected chi connectivity index (χ4v) is 12.8. The van der Waals surface area contributed by atoms with Gasteiger partial charge in [-0.3, -0.25) is 37.3 Å². The lowest BCUT2D eigenvalue weighted by molar-refractivity contribution is -0.161. The SMILES string of the molecule is CCCCCCCCCCCCCCCCCCC(=O)OC[C@H](COP(=O)(O)OC[C@@H](O)COP(=O)(O)OC[C@@H](COC(=O)CCCCCCCCC(C)CC)OC(=O)CCCCCCCCC(C)CC)OC(=O)CCCCCCCCCCCCCCCCC(C)C. The highest BCUT2D eigenvalue weighted by Crippen LogP contribution is 2.45. The molecule has 0 aliphatic rings. The van der Waals surface area contributed by atoms with Crippen LogP contribution >= 0.6 is 15.6 Å². The first-order chi connectivity index (χ1) is 44.8. The van der Waals surface area contributed by atoms with Crippen LogP contribution in [0.4, 0.5) is 0 Å². The van der Waals surface area contributed by atoms with Crippen LogP contribution in [0.15, 0.2) is 0 Å². The monoisotopic (exact) mass is 1370 g/mol. The number of carbonyl (C=O) groups excluding carboxylic acids is 4. The van der Waals surface area contributed by atoms with E-state index in [0.717, 1.165) is 114 Å². The molecule has 7 atom stereocenters. The number of aliphatic hydroxyl groups excluding tert-OH is 1. The molecule has 0 aromatic rings. The number of carbonyl (C=O) groups is 4. The van der Waals surface area contributed by atoms with Gasteiger partial charge in [0.2, 0.25) is 0 Å². The van der Waals surface area contributed by atoms with Gasteiger partial charge in [-0.1, -0.05) is 325 Å². The number of ether oxygens (including phenoxy) is 4. The number of hydrogen-bond acceptors (Lipinski definition) is 15. The van der Waals surface area contributed by atoms with Crippen molar-refractivity contribution in [1.29, 1.82) is 0 Å². The summed E-state index contributed by atoms with van der Waals surface area (Å²) in [6, 6.07) is 0. The van der Waals surface area contributed by atoms with Crippen LogP contribution in [0.5, 0.6) is 0 Å². The van der Waals surface area contributed by atoms with Crippen LogP contribution in [-0.4, -0.2) is 96.7 Å². The number of rotatable bonds is 72. The van der Waals surface area contributed by atoms with Gasteiger partial charge in [0, 0.05) is 25.7 Å². The van der Waals surface area contributed by atoms with E-state index >= 15 is 0 Å². The molecule has 0 bridgehead atoms. The third-order valence-electron chi connectivity index (χ3n) is 17.9. The molecule has 0 heterocycles. The third-order valence-corrected chi connectivity index (χ3v) is 19.8. The molecule has 0 aromatic carbocycles. The minimum Gasteiger partial charge on any atom is -0.462 e. The molecule has 17 nitrogen and oxygen atoms in total. The molecule has 0 saturated heterocycles. The molecule has 19 heteroatoms. The van der Waals surface area contributed by atoms with Gasteiger partial charge in [0.25, 0.3) is 0 Å². The van der Waals surface area contributed by atoms with E-state index < -0.39 is 97.5 Å². The van der Waals surface area contributed by atoms with Crippen LogP contribution in [0.3, 0.4) is 0 Å². The first-order valence-corrected chi connectivity index (χ1v) is 41.4. The van der Waals surface area contributed by atoms with E-state index in [1.54, 1.807) is 0 Å². The van der Waals surface area contributed by atoms with Gasteiger partial charge in [-0.15, -0.1) is 0 Å². The van der Waals surface area contributed by atoms with Crippen LogP contribution in [-0.2, 0) is 65.4 Å². The highest BCUT2D eigenvalue weighted by atomic mass is 31.2. The van der Waals surface area contributed by atoms with Gasteiger partial charge in [-0.25, -0.2) is 9.13 Å². The predicted octanol–water partition coefficient (Wildman–Crippen LogP) is 21.4. The Morgan fingerprint density at radius 1 is 0.312 bits per heavy atom. The molecule has 0 saturated carbocycles. The fourth-order valence-electron chi connectivity index (χ4n) is 11.2. The maximum absolute atomic E-state index is 13.1. The van der Waals surface area contributed by atoms with Crippen molar-refractivity contribution in [3.05, 3.63) is 0 Å².